The summed E-state index contributed by atoms with van der Waals surface area (Å²) in [5.41, 5.74) is 1.28. The molecule has 1 aromatic rings. The first-order valence-corrected chi connectivity index (χ1v) is 4.24. The van der Waals surface area contributed by atoms with Crippen molar-refractivity contribution in [3.63, 3.8) is 0 Å². The van der Waals surface area contributed by atoms with E-state index in [1.165, 1.54) is 5.56 Å². The van der Waals surface area contributed by atoms with E-state index in [2.05, 4.69) is 6.07 Å². The zero-order valence-corrected chi connectivity index (χ0v) is 6.84. The fourth-order valence-electron chi connectivity index (χ4n) is 1.34. The third-order valence-corrected chi connectivity index (χ3v) is 2.23. The Kier molecular flexibility index (Phi) is 1.74. The summed E-state index contributed by atoms with van der Waals surface area (Å²) in [5.74, 6) is 1.58. The van der Waals surface area contributed by atoms with Crippen LogP contribution in [0.4, 0.5) is 0 Å². The van der Waals surface area contributed by atoms with Gasteiger partial charge in [0.2, 0.25) is 0 Å². The summed E-state index contributed by atoms with van der Waals surface area (Å²) in [6.07, 6.45) is 1.15. The molecule has 1 nitrogen and oxygen atoms in total. The van der Waals surface area contributed by atoms with Gasteiger partial charge in [-0.3, -0.25) is 0 Å². The zero-order chi connectivity index (χ0) is 7.68. The van der Waals surface area contributed by atoms with Crippen LogP contribution < -0.4 is 4.74 Å². The van der Waals surface area contributed by atoms with Crippen LogP contribution in [0.1, 0.15) is 5.56 Å². The van der Waals surface area contributed by atoms with E-state index >= 15 is 0 Å². The smallest absolute Gasteiger partial charge is 0.123 e. The molecular formula is C9H9ClO. The molecule has 58 valence electrons. The average Bonchev–Trinajstić information content (AvgIpc) is 2.46. The fourth-order valence-corrected chi connectivity index (χ4v) is 1.51. The summed E-state index contributed by atoms with van der Waals surface area (Å²) in [6.45, 7) is 0. The summed E-state index contributed by atoms with van der Waals surface area (Å²) >= 11 is 5.67. The van der Waals surface area contributed by atoms with Gasteiger partial charge in [-0.15, -0.1) is 11.6 Å². The van der Waals surface area contributed by atoms with Gasteiger partial charge < -0.3 is 4.74 Å². The average molecular weight is 169 g/mol. The predicted molar refractivity (Wildman–Crippen MR) is 45.3 cm³/mol. The molecule has 0 radical (unpaired) electrons. The lowest BCUT2D eigenvalue weighted by atomic mass is 10.1. The summed E-state index contributed by atoms with van der Waals surface area (Å²) in [5, 5.41) is 0. The molecule has 11 heavy (non-hydrogen) atoms. The van der Waals surface area contributed by atoms with E-state index in [0.717, 1.165) is 12.2 Å². The first-order chi connectivity index (χ1) is 5.40. The molecular weight excluding hydrogens is 160 g/mol. The summed E-state index contributed by atoms with van der Waals surface area (Å²) in [7, 11) is 0. The van der Waals surface area contributed by atoms with E-state index < -0.39 is 0 Å². The largest absolute Gasteiger partial charge is 0.489 e. The standard InChI is InChI=1S/C9H9ClO/c10-6-8-5-7-3-1-2-4-9(7)11-8/h1-4,8H,5-6H2/t8-/m0/s1. The number of benzene rings is 1. The Morgan fingerprint density at radius 2 is 2.27 bits per heavy atom. The lowest BCUT2D eigenvalue weighted by molar-refractivity contribution is 0.258. The third-order valence-electron chi connectivity index (χ3n) is 1.89. The van der Waals surface area contributed by atoms with Gasteiger partial charge in [-0.25, -0.2) is 0 Å². The SMILES string of the molecule is ClC[C@@H]1Cc2ccccc2O1. The monoisotopic (exact) mass is 168 g/mol. The van der Waals surface area contributed by atoms with Crippen LogP contribution in [0.2, 0.25) is 0 Å². The number of fused-ring (bicyclic) bond motifs is 1. The molecule has 1 heterocycles. The maximum absolute atomic E-state index is 5.67. The summed E-state index contributed by atoms with van der Waals surface area (Å²) < 4.78 is 5.52. The molecule has 1 atom stereocenters. The van der Waals surface area contributed by atoms with Crippen LogP contribution in [-0.2, 0) is 6.42 Å². The van der Waals surface area contributed by atoms with E-state index in [0.29, 0.717) is 5.88 Å². The van der Waals surface area contributed by atoms with Crippen LogP contribution >= 0.6 is 11.6 Å². The van der Waals surface area contributed by atoms with Gasteiger partial charge in [-0.1, -0.05) is 18.2 Å². The molecule has 0 saturated carbocycles. The number of para-hydroxylation sites is 1. The van der Waals surface area contributed by atoms with E-state index in [9.17, 15) is 0 Å². The second-order valence-corrected chi connectivity index (χ2v) is 3.01. The van der Waals surface area contributed by atoms with Crippen molar-refractivity contribution in [3.8, 4) is 5.75 Å². The number of alkyl halides is 1. The molecule has 1 aliphatic rings. The Morgan fingerprint density at radius 1 is 1.45 bits per heavy atom. The Labute approximate surface area is 70.9 Å². The number of hydrogen-bond donors (Lipinski definition) is 0. The second kappa shape index (κ2) is 2.74. The zero-order valence-electron chi connectivity index (χ0n) is 6.09. The Balaban J connectivity index is 2.27. The minimum atomic E-state index is 0.189. The highest BCUT2D eigenvalue weighted by Gasteiger charge is 2.20. The van der Waals surface area contributed by atoms with Gasteiger partial charge in [0.15, 0.2) is 0 Å². The van der Waals surface area contributed by atoms with Crippen molar-refractivity contribution >= 4 is 11.6 Å². The highest BCUT2D eigenvalue weighted by molar-refractivity contribution is 6.18. The molecule has 0 aliphatic carbocycles. The molecule has 0 spiro atoms. The van der Waals surface area contributed by atoms with Crippen molar-refractivity contribution in [1.82, 2.24) is 0 Å². The van der Waals surface area contributed by atoms with Gasteiger partial charge in [0, 0.05) is 6.42 Å². The Hall–Kier alpha value is -0.690. The second-order valence-electron chi connectivity index (χ2n) is 2.71. The molecule has 0 bridgehead atoms. The van der Waals surface area contributed by atoms with Crippen LogP contribution in [0.3, 0.4) is 0 Å². The van der Waals surface area contributed by atoms with E-state index in [-0.39, 0.29) is 6.10 Å². The normalized spacial score (nSPS) is 21.0. The highest BCUT2D eigenvalue weighted by atomic mass is 35.5. The Bertz CT molecular complexity index is 234. The number of halogens is 1. The first-order valence-electron chi connectivity index (χ1n) is 3.70. The van der Waals surface area contributed by atoms with Gasteiger partial charge in [-0.05, 0) is 11.6 Å². The lowest BCUT2D eigenvalue weighted by Crippen LogP contribution is -2.13. The van der Waals surface area contributed by atoms with Gasteiger partial charge >= 0.3 is 0 Å². The van der Waals surface area contributed by atoms with E-state index in [4.69, 9.17) is 16.3 Å². The van der Waals surface area contributed by atoms with Crippen LogP contribution in [-0.4, -0.2) is 12.0 Å². The van der Waals surface area contributed by atoms with Gasteiger partial charge in [0.1, 0.15) is 11.9 Å². The lowest BCUT2D eigenvalue weighted by Gasteiger charge is -2.04. The van der Waals surface area contributed by atoms with Gasteiger partial charge in [-0.2, -0.15) is 0 Å². The predicted octanol–water partition coefficient (Wildman–Crippen LogP) is 2.23. The minimum absolute atomic E-state index is 0.189. The molecule has 0 N–H and O–H groups in total. The van der Waals surface area contributed by atoms with E-state index in [1.807, 2.05) is 18.2 Å². The maximum Gasteiger partial charge on any atom is 0.123 e. The van der Waals surface area contributed by atoms with Crippen molar-refractivity contribution in [1.29, 1.82) is 0 Å². The third kappa shape index (κ3) is 1.21. The quantitative estimate of drug-likeness (QED) is 0.585. The topological polar surface area (TPSA) is 9.23 Å². The maximum atomic E-state index is 5.67. The molecule has 1 aromatic carbocycles. The summed E-state index contributed by atoms with van der Waals surface area (Å²) in [6, 6.07) is 8.08. The molecule has 0 unspecified atom stereocenters. The molecule has 0 amide bonds. The van der Waals surface area contributed by atoms with Crippen molar-refractivity contribution < 1.29 is 4.74 Å². The molecule has 1 aliphatic heterocycles. The molecule has 0 aromatic heterocycles. The van der Waals surface area contributed by atoms with Crippen molar-refractivity contribution in [2.24, 2.45) is 0 Å². The molecule has 0 fully saturated rings. The number of ether oxygens (including phenoxy) is 1. The first kappa shape index (κ1) is 6.99. The molecule has 0 saturated heterocycles. The van der Waals surface area contributed by atoms with Crippen LogP contribution in [0, 0.1) is 0 Å². The van der Waals surface area contributed by atoms with Crippen LogP contribution in [0.15, 0.2) is 24.3 Å². The van der Waals surface area contributed by atoms with Gasteiger partial charge in [0.05, 0.1) is 5.88 Å². The fraction of sp³-hybridized carbons (Fsp3) is 0.333. The van der Waals surface area contributed by atoms with E-state index in [1.54, 1.807) is 0 Å². The van der Waals surface area contributed by atoms with Gasteiger partial charge in [0.25, 0.3) is 0 Å². The molecule has 2 rings (SSSR count). The van der Waals surface area contributed by atoms with Crippen LogP contribution in [0.5, 0.6) is 5.75 Å². The number of hydrogen-bond acceptors (Lipinski definition) is 1. The van der Waals surface area contributed by atoms with Crippen molar-refractivity contribution in [3.05, 3.63) is 29.8 Å². The summed E-state index contributed by atoms with van der Waals surface area (Å²) in [4.78, 5) is 0. The molecule has 2 heteroatoms. The van der Waals surface area contributed by atoms with Crippen LogP contribution in [0.25, 0.3) is 0 Å². The minimum Gasteiger partial charge on any atom is -0.489 e. The number of rotatable bonds is 1. The van der Waals surface area contributed by atoms with Crippen molar-refractivity contribution in [2.75, 3.05) is 5.88 Å². The van der Waals surface area contributed by atoms with Crippen molar-refractivity contribution in [2.45, 2.75) is 12.5 Å². The Morgan fingerprint density at radius 3 is 3.00 bits per heavy atom. The highest BCUT2D eigenvalue weighted by Crippen LogP contribution is 2.28.